The maximum atomic E-state index is 14.6. The number of ether oxygens (including phenoxy) is 2. The number of carbonyl (C=O) groups excluding carboxylic acids is 5. The summed E-state index contributed by atoms with van der Waals surface area (Å²) in [6, 6.07) is 24.7. The van der Waals surface area contributed by atoms with Crippen molar-refractivity contribution in [2.75, 3.05) is 20.1 Å². The third-order valence-corrected chi connectivity index (χ3v) is 9.47. The van der Waals surface area contributed by atoms with Crippen molar-refractivity contribution in [2.24, 2.45) is 0 Å². The number of amides is 5. The maximum Gasteiger partial charge on any atom is 0.410 e. The van der Waals surface area contributed by atoms with Crippen molar-refractivity contribution < 1.29 is 33.4 Å². The van der Waals surface area contributed by atoms with Crippen LogP contribution in [-0.4, -0.2) is 94.5 Å². The minimum atomic E-state index is -1.22. The number of fused-ring (bicyclic) bond motifs is 1. The van der Waals surface area contributed by atoms with Crippen LogP contribution < -0.4 is 10.6 Å². The molecule has 0 spiro atoms. The fraction of sp³-hybridized carbons (Fsp3) is 0.425. The van der Waals surface area contributed by atoms with Crippen LogP contribution in [-0.2, 0) is 30.5 Å². The Bertz CT molecular complexity index is 1660. The van der Waals surface area contributed by atoms with Crippen molar-refractivity contribution in [3.8, 4) is 0 Å². The Kier molecular flexibility index (Phi) is 12.2. The largest absolute Gasteiger partial charge is 0.445 e. The standard InChI is InChI=1S/C40H49N5O7/c1-27(43(5)38(49)52-40(2,3)4)35(46)41-32-25-44(39(50)51-26-28-15-9-6-10-16-28)24-23-31-21-22-33(45(31)37(32)48)36(47)42-34(29-17-11-7-12-18-29)30-19-13-8-14-20-30/h6-20,27,31-34H,21-26H2,1-5H3,(H,41,46)(H,42,47)/t27-,31+,32-,33-/m0/s1. The molecule has 4 atom stereocenters. The molecule has 0 bridgehead atoms. The monoisotopic (exact) mass is 711 g/mol. The van der Waals surface area contributed by atoms with Crippen molar-refractivity contribution in [3.63, 3.8) is 0 Å². The number of hydrogen-bond donors (Lipinski definition) is 2. The van der Waals surface area contributed by atoms with E-state index in [1.807, 2.05) is 91.0 Å². The number of likely N-dealkylation sites (N-methyl/N-ethyl adjacent to an activating group) is 1. The van der Waals surface area contributed by atoms with Gasteiger partial charge in [0.15, 0.2) is 0 Å². The SMILES string of the molecule is C[C@@H](C(=O)N[C@H]1CN(C(=O)OCc2ccccc2)CC[C@H]2CC[C@@H](C(=O)NC(c3ccccc3)c3ccccc3)N2C1=O)N(C)C(=O)OC(C)(C)C. The van der Waals surface area contributed by atoms with Crippen LogP contribution in [0.25, 0.3) is 0 Å². The minimum absolute atomic E-state index is 0.0423. The molecule has 3 aromatic rings. The van der Waals surface area contributed by atoms with E-state index in [1.54, 1.807) is 25.7 Å². The summed E-state index contributed by atoms with van der Waals surface area (Å²) in [6.45, 7) is 6.80. The average molecular weight is 712 g/mol. The highest BCUT2D eigenvalue weighted by Gasteiger charge is 2.46. The molecule has 2 aliphatic heterocycles. The fourth-order valence-electron chi connectivity index (χ4n) is 6.56. The Morgan fingerprint density at radius 2 is 1.44 bits per heavy atom. The van der Waals surface area contributed by atoms with E-state index in [0.29, 0.717) is 19.3 Å². The van der Waals surface area contributed by atoms with Gasteiger partial charge in [0.1, 0.15) is 30.3 Å². The smallest absolute Gasteiger partial charge is 0.410 e. The molecule has 2 N–H and O–H groups in total. The van der Waals surface area contributed by atoms with E-state index in [-0.39, 0.29) is 31.6 Å². The fourth-order valence-corrected chi connectivity index (χ4v) is 6.56. The molecule has 0 radical (unpaired) electrons. The molecule has 5 rings (SSSR count). The van der Waals surface area contributed by atoms with E-state index in [2.05, 4.69) is 10.6 Å². The third-order valence-electron chi connectivity index (χ3n) is 9.47. The van der Waals surface area contributed by atoms with Gasteiger partial charge < -0.3 is 29.9 Å². The van der Waals surface area contributed by atoms with Gasteiger partial charge >= 0.3 is 12.2 Å². The van der Waals surface area contributed by atoms with Crippen LogP contribution in [0.15, 0.2) is 91.0 Å². The average Bonchev–Trinajstić information content (AvgIpc) is 3.56. The zero-order valence-electron chi connectivity index (χ0n) is 30.5. The molecule has 2 heterocycles. The predicted octanol–water partition coefficient (Wildman–Crippen LogP) is 5.03. The topological polar surface area (TPSA) is 138 Å². The number of nitrogens with zero attached hydrogens (tertiary/aromatic N) is 3. The van der Waals surface area contributed by atoms with Crippen LogP contribution in [0, 0.1) is 0 Å². The summed E-state index contributed by atoms with van der Waals surface area (Å²) < 4.78 is 11.1. The molecule has 0 aliphatic carbocycles. The normalized spacial score (nSPS) is 19.5. The van der Waals surface area contributed by atoms with Crippen molar-refractivity contribution in [3.05, 3.63) is 108 Å². The van der Waals surface area contributed by atoms with E-state index >= 15 is 0 Å². The summed E-state index contributed by atoms with van der Waals surface area (Å²) >= 11 is 0. The Morgan fingerprint density at radius 3 is 2.02 bits per heavy atom. The summed E-state index contributed by atoms with van der Waals surface area (Å²) in [5, 5.41) is 5.99. The van der Waals surface area contributed by atoms with Gasteiger partial charge in [0, 0.05) is 19.6 Å². The highest BCUT2D eigenvalue weighted by molar-refractivity contribution is 5.95. The second-order valence-electron chi connectivity index (χ2n) is 14.4. The van der Waals surface area contributed by atoms with E-state index < -0.39 is 53.8 Å². The van der Waals surface area contributed by atoms with Gasteiger partial charge in [0.05, 0.1) is 12.6 Å². The lowest BCUT2D eigenvalue weighted by molar-refractivity contribution is -0.145. The second kappa shape index (κ2) is 16.8. The van der Waals surface area contributed by atoms with Gasteiger partial charge in [-0.3, -0.25) is 19.3 Å². The van der Waals surface area contributed by atoms with Crippen molar-refractivity contribution >= 4 is 29.9 Å². The summed E-state index contributed by atoms with van der Waals surface area (Å²) in [4.78, 5) is 72.8. The molecule has 2 fully saturated rings. The Morgan fingerprint density at radius 1 is 0.865 bits per heavy atom. The molecule has 3 aromatic carbocycles. The molecule has 0 aromatic heterocycles. The molecule has 0 unspecified atom stereocenters. The lowest BCUT2D eigenvalue weighted by atomic mass is 9.98. The molecule has 276 valence electrons. The van der Waals surface area contributed by atoms with E-state index in [4.69, 9.17) is 9.47 Å². The molecule has 2 saturated heterocycles. The lowest BCUT2D eigenvalue weighted by Crippen LogP contribution is -2.62. The first-order chi connectivity index (χ1) is 24.8. The summed E-state index contributed by atoms with van der Waals surface area (Å²) in [6.07, 6.45) is 0.0540. The Labute approximate surface area is 305 Å². The Balaban J connectivity index is 1.38. The van der Waals surface area contributed by atoms with Crippen LogP contribution in [0.5, 0.6) is 0 Å². The van der Waals surface area contributed by atoms with Gasteiger partial charge in [-0.15, -0.1) is 0 Å². The predicted molar refractivity (Wildman–Crippen MR) is 195 cm³/mol. The van der Waals surface area contributed by atoms with Gasteiger partial charge in [-0.1, -0.05) is 91.0 Å². The number of benzene rings is 3. The van der Waals surface area contributed by atoms with Gasteiger partial charge in [0.25, 0.3) is 0 Å². The van der Waals surface area contributed by atoms with Crippen LogP contribution >= 0.6 is 0 Å². The van der Waals surface area contributed by atoms with Crippen LogP contribution in [0.3, 0.4) is 0 Å². The highest BCUT2D eigenvalue weighted by Crippen LogP contribution is 2.31. The number of hydrogen-bond acceptors (Lipinski definition) is 7. The minimum Gasteiger partial charge on any atom is -0.445 e. The van der Waals surface area contributed by atoms with E-state index in [1.165, 1.54) is 18.9 Å². The van der Waals surface area contributed by atoms with E-state index in [9.17, 15) is 24.0 Å². The maximum absolute atomic E-state index is 14.6. The molecule has 2 aliphatic rings. The summed E-state index contributed by atoms with van der Waals surface area (Å²) in [5.74, 6) is -1.41. The van der Waals surface area contributed by atoms with Gasteiger partial charge in [-0.05, 0) is 63.6 Å². The highest BCUT2D eigenvalue weighted by atomic mass is 16.6. The molecule has 12 nitrogen and oxygen atoms in total. The first kappa shape index (κ1) is 37.9. The third kappa shape index (κ3) is 9.48. The summed E-state index contributed by atoms with van der Waals surface area (Å²) in [7, 11) is 1.44. The van der Waals surface area contributed by atoms with Gasteiger partial charge in [-0.2, -0.15) is 0 Å². The number of rotatable bonds is 9. The molecular weight excluding hydrogens is 662 g/mol. The van der Waals surface area contributed by atoms with Gasteiger partial charge in [-0.25, -0.2) is 9.59 Å². The first-order valence-corrected chi connectivity index (χ1v) is 17.8. The van der Waals surface area contributed by atoms with Crippen molar-refractivity contribution in [1.82, 2.24) is 25.3 Å². The van der Waals surface area contributed by atoms with Gasteiger partial charge in [0.2, 0.25) is 17.7 Å². The lowest BCUT2D eigenvalue weighted by Gasteiger charge is -2.39. The van der Waals surface area contributed by atoms with Crippen molar-refractivity contribution in [1.29, 1.82) is 0 Å². The zero-order valence-corrected chi connectivity index (χ0v) is 30.5. The van der Waals surface area contributed by atoms with Crippen molar-refractivity contribution in [2.45, 2.75) is 89.4 Å². The van der Waals surface area contributed by atoms with Crippen LogP contribution in [0.4, 0.5) is 9.59 Å². The van der Waals surface area contributed by atoms with Crippen LogP contribution in [0.2, 0.25) is 0 Å². The Hall–Kier alpha value is -5.39. The van der Waals surface area contributed by atoms with Crippen LogP contribution in [0.1, 0.15) is 69.7 Å². The molecular formula is C40H49N5O7. The molecule has 0 saturated carbocycles. The second-order valence-corrected chi connectivity index (χ2v) is 14.4. The van der Waals surface area contributed by atoms with E-state index in [0.717, 1.165) is 21.6 Å². The zero-order chi connectivity index (χ0) is 37.4. The first-order valence-electron chi connectivity index (χ1n) is 17.8. The number of carbonyl (C=O) groups is 5. The summed E-state index contributed by atoms with van der Waals surface area (Å²) in [5.41, 5.74) is 1.82. The molecule has 52 heavy (non-hydrogen) atoms. The molecule has 5 amide bonds. The number of nitrogens with one attached hydrogen (secondary N) is 2. The quantitative estimate of drug-likeness (QED) is 0.318. The molecule has 12 heteroatoms.